The number of benzene rings is 1. The van der Waals surface area contributed by atoms with Gasteiger partial charge in [0.2, 0.25) is 0 Å². The molecular weight excluding hydrogens is 147 g/mol. The molecule has 0 saturated heterocycles. The molecule has 10 heavy (non-hydrogen) atoms. The summed E-state index contributed by atoms with van der Waals surface area (Å²) in [6.45, 7) is 0. The lowest BCUT2D eigenvalue weighted by Gasteiger charge is -1.81. The van der Waals surface area contributed by atoms with Crippen molar-refractivity contribution in [3.63, 3.8) is 0 Å². The first-order valence-electron chi connectivity index (χ1n) is 2.65. The summed E-state index contributed by atoms with van der Waals surface area (Å²) >= 11 is 4.08. The minimum Gasteiger partial charge on any atom is -0.429 e. The lowest BCUT2D eigenvalue weighted by molar-refractivity contribution is 0.448. The van der Waals surface area contributed by atoms with Crippen LogP contribution in [0.4, 0.5) is 0 Å². The van der Waals surface area contributed by atoms with Crippen molar-refractivity contribution < 1.29 is 10.0 Å². The molecule has 0 aliphatic rings. The maximum atomic E-state index is 7.00. The van der Waals surface area contributed by atoms with Gasteiger partial charge in [-0.1, -0.05) is 18.2 Å². The Kier molecular flexibility index (Phi) is 6.37. The van der Waals surface area contributed by atoms with E-state index < -0.39 is 0 Å². The van der Waals surface area contributed by atoms with Crippen LogP contribution >= 0.6 is 12.6 Å². The molecule has 1 radical (unpaired) electrons. The van der Waals surface area contributed by atoms with Gasteiger partial charge in [-0.25, -0.2) is 0 Å². The van der Waals surface area contributed by atoms with Crippen LogP contribution in [0.2, 0.25) is 0 Å². The van der Waals surface area contributed by atoms with Crippen LogP contribution in [0.5, 0.6) is 0 Å². The van der Waals surface area contributed by atoms with Gasteiger partial charge >= 0.3 is 7.69 Å². The van der Waals surface area contributed by atoms with Crippen molar-refractivity contribution in [1.82, 2.24) is 0 Å². The van der Waals surface area contributed by atoms with Crippen molar-refractivity contribution in [1.29, 1.82) is 0 Å². The van der Waals surface area contributed by atoms with E-state index in [4.69, 9.17) is 10.0 Å². The standard InChI is InChI=1S/C6H6S.BH2O2/c7-6-4-2-1-3-5-6;2-1-3/h1-5,7H;2-3H. The Morgan fingerprint density at radius 2 is 1.50 bits per heavy atom. The summed E-state index contributed by atoms with van der Waals surface area (Å²) in [5.41, 5.74) is 0. The summed E-state index contributed by atoms with van der Waals surface area (Å²) in [5.74, 6) is 0. The summed E-state index contributed by atoms with van der Waals surface area (Å²) < 4.78 is 0. The quantitative estimate of drug-likeness (QED) is 0.376. The molecule has 0 unspecified atom stereocenters. The molecule has 0 spiro atoms. The monoisotopic (exact) mass is 155 g/mol. The fraction of sp³-hybridized carbons (Fsp3) is 0. The first-order chi connectivity index (χ1) is 4.81. The van der Waals surface area contributed by atoms with Crippen molar-refractivity contribution >= 4 is 20.3 Å². The zero-order chi connectivity index (χ0) is 7.82. The fourth-order valence-corrected chi connectivity index (χ4v) is 0.600. The van der Waals surface area contributed by atoms with Gasteiger partial charge in [0, 0.05) is 4.90 Å². The number of thiol groups is 1. The molecule has 0 bridgehead atoms. The summed E-state index contributed by atoms with van der Waals surface area (Å²) in [6.07, 6.45) is 0. The Hall–Kier alpha value is -0.445. The van der Waals surface area contributed by atoms with Crippen LogP contribution in [0.3, 0.4) is 0 Å². The largest absolute Gasteiger partial charge is 0.482 e. The van der Waals surface area contributed by atoms with Crippen LogP contribution in [-0.4, -0.2) is 17.7 Å². The van der Waals surface area contributed by atoms with Gasteiger partial charge in [0.05, 0.1) is 0 Å². The lowest BCUT2D eigenvalue weighted by atomic mass is 10.4. The normalized spacial score (nSPS) is 7.50. The molecule has 4 heteroatoms. The van der Waals surface area contributed by atoms with E-state index in [1.807, 2.05) is 30.3 Å². The molecular formula is C6H8BO2S. The molecule has 2 nitrogen and oxygen atoms in total. The van der Waals surface area contributed by atoms with Gasteiger partial charge in [-0.3, -0.25) is 0 Å². The molecule has 0 aliphatic carbocycles. The van der Waals surface area contributed by atoms with E-state index in [0.717, 1.165) is 4.90 Å². The van der Waals surface area contributed by atoms with Crippen LogP contribution in [-0.2, 0) is 0 Å². The second-order valence-electron chi connectivity index (χ2n) is 1.45. The summed E-state index contributed by atoms with van der Waals surface area (Å²) in [5, 5.41) is 14.0. The van der Waals surface area contributed by atoms with Gasteiger partial charge in [-0.05, 0) is 12.1 Å². The summed E-state index contributed by atoms with van der Waals surface area (Å²) in [7, 11) is 0. The number of hydrogen-bond donors (Lipinski definition) is 3. The minimum atomic E-state index is 0. The maximum absolute atomic E-state index is 7.00. The molecule has 0 atom stereocenters. The van der Waals surface area contributed by atoms with Crippen molar-refractivity contribution in [2.24, 2.45) is 0 Å². The molecule has 0 fully saturated rings. The Morgan fingerprint density at radius 1 is 1.10 bits per heavy atom. The zero-order valence-electron chi connectivity index (χ0n) is 5.31. The summed E-state index contributed by atoms with van der Waals surface area (Å²) in [4.78, 5) is 1.02. The maximum Gasteiger partial charge on any atom is 0.482 e. The SMILES string of the molecule is O[B]O.Sc1ccccc1. The van der Waals surface area contributed by atoms with Crippen LogP contribution in [0, 0.1) is 0 Å². The zero-order valence-corrected chi connectivity index (χ0v) is 6.20. The average molecular weight is 155 g/mol. The highest BCUT2D eigenvalue weighted by atomic mass is 32.1. The van der Waals surface area contributed by atoms with E-state index in [1.54, 1.807) is 0 Å². The van der Waals surface area contributed by atoms with Crippen LogP contribution in [0.15, 0.2) is 35.2 Å². The summed E-state index contributed by atoms with van der Waals surface area (Å²) in [6, 6.07) is 9.79. The van der Waals surface area contributed by atoms with Crippen molar-refractivity contribution in [3.05, 3.63) is 30.3 Å². The molecule has 1 aromatic rings. The van der Waals surface area contributed by atoms with Crippen LogP contribution in [0.1, 0.15) is 0 Å². The van der Waals surface area contributed by atoms with Crippen molar-refractivity contribution in [2.45, 2.75) is 4.90 Å². The third-order valence-electron chi connectivity index (χ3n) is 0.756. The highest BCUT2D eigenvalue weighted by Crippen LogP contribution is 2.00. The Labute approximate surface area is 66.2 Å². The Bertz CT molecular complexity index is 157. The van der Waals surface area contributed by atoms with Gasteiger partial charge in [-0.15, -0.1) is 12.6 Å². The lowest BCUT2D eigenvalue weighted by Crippen LogP contribution is -1.75. The van der Waals surface area contributed by atoms with Gasteiger partial charge < -0.3 is 10.0 Å². The van der Waals surface area contributed by atoms with E-state index in [1.165, 1.54) is 0 Å². The topological polar surface area (TPSA) is 40.5 Å². The number of hydrogen-bond acceptors (Lipinski definition) is 3. The molecule has 0 amide bonds. The first-order valence-corrected chi connectivity index (χ1v) is 3.10. The third kappa shape index (κ3) is 5.69. The second-order valence-corrected chi connectivity index (χ2v) is 1.97. The first kappa shape index (κ1) is 9.55. The minimum absolute atomic E-state index is 0. The van der Waals surface area contributed by atoms with E-state index in [2.05, 4.69) is 12.6 Å². The molecule has 2 N–H and O–H groups in total. The second kappa shape index (κ2) is 6.67. The molecule has 1 rings (SSSR count). The van der Waals surface area contributed by atoms with Crippen LogP contribution in [0.25, 0.3) is 0 Å². The van der Waals surface area contributed by atoms with Crippen molar-refractivity contribution in [3.8, 4) is 0 Å². The average Bonchev–Trinajstić information content (AvgIpc) is 1.91. The molecule has 0 aliphatic heterocycles. The predicted octanol–water partition coefficient (Wildman–Crippen LogP) is 0.480. The van der Waals surface area contributed by atoms with E-state index >= 15 is 0 Å². The van der Waals surface area contributed by atoms with Gasteiger partial charge in [0.25, 0.3) is 0 Å². The van der Waals surface area contributed by atoms with Crippen molar-refractivity contribution in [2.75, 3.05) is 0 Å². The molecule has 53 valence electrons. The van der Waals surface area contributed by atoms with Gasteiger partial charge in [0.1, 0.15) is 0 Å². The molecule has 0 saturated carbocycles. The highest BCUT2D eigenvalue weighted by Gasteiger charge is 1.73. The van der Waals surface area contributed by atoms with E-state index in [9.17, 15) is 0 Å². The number of rotatable bonds is 0. The fourth-order valence-electron chi connectivity index (χ4n) is 0.428. The van der Waals surface area contributed by atoms with E-state index in [0.29, 0.717) is 0 Å². The molecule has 1 aromatic carbocycles. The van der Waals surface area contributed by atoms with E-state index in [-0.39, 0.29) is 7.69 Å². The van der Waals surface area contributed by atoms with Gasteiger partial charge in [-0.2, -0.15) is 0 Å². The van der Waals surface area contributed by atoms with Gasteiger partial charge in [0.15, 0.2) is 0 Å². The Balaban J connectivity index is 0.000000236. The smallest absolute Gasteiger partial charge is 0.429 e. The molecule has 0 aromatic heterocycles. The van der Waals surface area contributed by atoms with Crippen LogP contribution < -0.4 is 0 Å². The predicted molar refractivity (Wildman–Crippen MR) is 43.9 cm³/mol. The third-order valence-corrected chi connectivity index (χ3v) is 1.05. The highest BCUT2D eigenvalue weighted by molar-refractivity contribution is 7.80. The Morgan fingerprint density at radius 3 is 1.70 bits per heavy atom. The molecule has 0 heterocycles.